The summed E-state index contributed by atoms with van der Waals surface area (Å²) in [4.78, 5) is 9.86. The normalized spacial score (nSPS) is 24.3. The van der Waals surface area contributed by atoms with E-state index < -0.39 is 0 Å². The van der Waals surface area contributed by atoms with Crippen molar-refractivity contribution in [3.63, 3.8) is 0 Å². The average molecular weight is 290 g/mol. The third-order valence-electron chi connectivity index (χ3n) is 4.42. The Balaban J connectivity index is 1.63. The van der Waals surface area contributed by atoms with E-state index in [1.807, 2.05) is 6.07 Å². The first kappa shape index (κ1) is 13.9. The quantitative estimate of drug-likeness (QED) is 0.849. The Labute approximate surface area is 126 Å². The molecule has 2 aliphatic rings. The molecule has 5 heteroatoms. The van der Waals surface area contributed by atoms with Gasteiger partial charge in [0, 0.05) is 31.9 Å². The Morgan fingerprint density at radius 2 is 2.15 bits per heavy atom. The van der Waals surface area contributed by atoms with Crippen molar-refractivity contribution >= 4 is 17.2 Å². The molecule has 2 N–H and O–H groups in total. The number of likely N-dealkylation sites (tertiary alicyclic amines) is 2. The minimum Gasteiger partial charge on any atom is -0.388 e. The van der Waals surface area contributed by atoms with Crippen LogP contribution in [0.1, 0.15) is 30.5 Å². The van der Waals surface area contributed by atoms with Gasteiger partial charge in [0.1, 0.15) is 10.7 Å². The smallest absolute Gasteiger partial charge is 0.123 e. The fraction of sp³-hybridized carbons (Fsp3) is 0.600. The van der Waals surface area contributed by atoms with Gasteiger partial charge < -0.3 is 5.73 Å². The zero-order valence-corrected chi connectivity index (χ0v) is 12.6. The molecular weight excluding hydrogens is 268 g/mol. The monoisotopic (exact) mass is 290 g/mol. The Hall–Kier alpha value is -1.04. The highest BCUT2D eigenvalue weighted by Gasteiger charge is 2.29. The van der Waals surface area contributed by atoms with E-state index in [0.29, 0.717) is 4.99 Å². The maximum Gasteiger partial charge on any atom is 0.123 e. The second-order valence-corrected chi connectivity index (χ2v) is 6.24. The summed E-state index contributed by atoms with van der Waals surface area (Å²) in [6, 6.07) is 4.79. The van der Waals surface area contributed by atoms with Gasteiger partial charge in [-0.1, -0.05) is 18.3 Å². The molecule has 3 heterocycles. The summed E-state index contributed by atoms with van der Waals surface area (Å²) < 4.78 is 0. The Morgan fingerprint density at radius 1 is 1.35 bits per heavy atom. The van der Waals surface area contributed by atoms with Gasteiger partial charge in [-0.25, -0.2) is 0 Å². The predicted molar refractivity (Wildman–Crippen MR) is 84.6 cm³/mol. The fourth-order valence-corrected chi connectivity index (χ4v) is 3.57. The van der Waals surface area contributed by atoms with E-state index in [1.54, 1.807) is 6.20 Å². The van der Waals surface area contributed by atoms with Crippen molar-refractivity contribution < 1.29 is 0 Å². The molecule has 0 amide bonds. The molecule has 1 aromatic rings. The lowest BCUT2D eigenvalue weighted by atomic mass is 10.2. The molecule has 0 aliphatic carbocycles. The molecule has 0 bridgehead atoms. The van der Waals surface area contributed by atoms with Crippen molar-refractivity contribution in [2.45, 2.75) is 31.8 Å². The number of aromatic nitrogens is 1. The minimum atomic E-state index is 0.399. The molecule has 1 atom stereocenters. The van der Waals surface area contributed by atoms with E-state index in [4.69, 9.17) is 18.0 Å². The number of hydrogen-bond donors (Lipinski definition) is 1. The lowest BCUT2D eigenvalue weighted by Gasteiger charge is -2.24. The van der Waals surface area contributed by atoms with E-state index >= 15 is 0 Å². The number of rotatable bonds is 4. The standard InChI is InChI=1S/C15H22N4S/c16-15(20)14-12(4-3-6-17-14)10-18-9-5-13(11-18)19-7-1-2-8-19/h3-4,6,13H,1-2,5,7-11H2,(H2,16,20). The van der Waals surface area contributed by atoms with Gasteiger partial charge in [-0.2, -0.15) is 0 Å². The topological polar surface area (TPSA) is 45.4 Å². The van der Waals surface area contributed by atoms with Gasteiger partial charge in [-0.3, -0.25) is 14.8 Å². The molecule has 0 aromatic carbocycles. The van der Waals surface area contributed by atoms with Crippen LogP contribution in [-0.4, -0.2) is 52.0 Å². The molecule has 0 radical (unpaired) electrons. The maximum atomic E-state index is 5.76. The van der Waals surface area contributed by atoms with Crippen LogP contribution in [0.2, 0.25) is 0 Å². The van der Waals surface area contributed by atoms with Gasteiger partial charge in [0.25, 0.3) is 0 Å². The molecule has 3 rings (SSSR count). The largest absolute Gasteiger partial charge is 0.388 e. The molecule has 1 unspecified atom stereocenters. The summed E-state index contributed by atoms with van der Waals surface area (Å²) in [6.45, 7) is 5.79. The molecule has 4 nitrogen and oxygen atoms in total. The number of pyridine rings is 1. The van der Waals surface area contributed by atoms with Crippen molar-refractivity contribution in [1.82, 2.24) is 14.8 Å². The Morgan fingerprint density at radius 3 is 2.90 bits per heavy atom. The molecule has 1 aromatic heterocycles. The van der Waals surface area contributed by atoms with Crippen LogP contribution < -0.4 is 5.73 Å². The summed E-state index contributed by atoms with van der Waals surface area (Å²) >= 11 is 5.09. The first-order chi connectivity index (χ1) is 9.74. The highest BCUT2D eigenvalue weighted by molar-refractivity contribution is 7.80. The SMILES string of the molecule is NC(=S)c1ncccc1CN1CCC(N2CCCC2)C1. The van der Waals surface area contributed by atoms with Crippen molar-refractivity contribution in [3.8, 4) is 0 Å². The van der Waals surface area contributed by atoms with Gasteiger partial charge in [0.05, 0.1) is 0 Å². The zero-order chi connectivity index (χ0) is 13.9. The van der Waals surface area contributed by atoms with Gasteiger partial charge in [-0.05, 0) is 44.0 Å². The van der Waals surface area contributed by atoms with Crippen molar-refractivity contribution in [2.24, 2.45) is 5.73 Å². The third-order valence-corrected chi connectivity index (χ3v) is 4.62. The Kier molecular flexibility index (Phi) is 4.29. The molecule has 2 saturated heterocycles. The van der Waals surface area contributed by atoms with Crippen molar-refractivity contribution in [3.05, 3.63) is 29.6 Å². The molecule has 0 saturated carbocycles. The number of thiocarbonyl (C=S) groups is 1. The van der Waals surface area contributed by atoms with E-state index in [9.17, 15) is 0 Å². The predicted octanol–water partition coefficient (Wildman–Crippen LogP) is 1.39. The second kappa shape index (κ2) is 6.16. The van der Waals surface area contributed by atoms with Gasteiger partial charge in [0.2, 0.25) is 0 Å². The van der Waals surface area contributed by atoms with E-state index in [1.165, 1.54) is 32.4 Å². The Bertz CT molecular complexity index is 485. The molecule has 0 spiro atoms. The first-order valence-electron chi connectivity index (χ1n) is 7.44. The zero-order valence-electron chi connectivity index (χ0n) is 11.8. The van der Waals surface area contributed by atoms with Crippen molar-refractivity contribution in [1.29, 1.82) is 0 Å². The number of nitrogens with zero attached hydrogens (tertiary/aromatic N) is 3. The van der Waals surface area contributed by atoms with Crippen LogP contribution in [0, 0.1) is 0 Å². The lowest BCUT2D eigenvalue weighted by molar-refractivity contribution is 0.230. The average Bonchev–Trinajstić information content (AvgIpc) is 3.09. The van der Waals surface area contributed by atoms with E-state index in [0.717, 1.165) is 36.9 Å². The van der Waals surface area contributed by atoms with Crippen LogP contribution in [0.4, 0.5) is 0 Å². The summed E-state index contributed by atoms with van der Waals surface area (Å²) in [7, 11) is 0. The summed E-state index contributed by atoms with van der Waals surface area (Å²) in [5.41, 5.74) is 7.70. The maximum absolute atomic E-state index is 5.76. The first-order valence-corrected chi connectivity index (χ1v) is 7.85. The minimum absolute atomic E-state index is 0.399. The number of nitrogens with two attached hydrogens (primary N) is 1. The van der Waals surface area contributed by atoms with Crippen LogP contribution in [-0.2, 0) is 6.54 Å². The van der Waals surface area contributed by atoms with Gasteiger partial charge in [-0.15, -0.1) is 0 Å². The molecule has 2 fully saturated rings. The van der Waals surface area contributed by atoms with Crippen LogP contribution in [0.3, 0.4) is 0 Å². The summed E-state index contributed by atoms with van der Waals surface area (Å²) in [6.07, 6.45) is 5.77. The van der Waals surface area contributed by atoms with E-state index in [-0.39, 0.29) is 0 Å². The molecule has 20 heavy (non-hydrogen) atoms. The molecular formula is C15H22N4S. The fourth-order valence-electron chi connectivity index (χ4n) is 3.39. The van der Waals surface area contributed by atoms with Crippen LogP contribution in [0.15, 0.2) is 18.3 Å². The van der Waals surface area contributed by atoms with Gasteiger partial charge >= 0.3 is 0 Å². The molecule has 2 aliphatic heterocycles. The van der Waals surface area contributed by atoms with Gasteiger partial charge in [0.15, 0.2) is 0 Å². The second-order valence-electron chi connectivity index (χ2n) is 5.80. The van der Waals surface area contributed by atoms with Crippen LogP contribution >= 0.6 is 12.2 Å². The number of hydrogen-bond acceptors (Lipinski definition) is 4. The van der Waals surface area contributed by atoms with Crippen LogP contribution in [0.25, 0.3) is 0 Å². The lowest BCUT2D eigenvalue weighted by Crippen LogP contribution is -2.35. The highest BCUT2D eigenvalue weighted by atomic mass is 32.1. The molecule has 108 valence electrons. The van der Waals surface area contributed by atoms with Crippen molar-refractivity contribution in [2.75, 3.05) is 26.2 Å². The van der Waals surface area contributed by atoms with E-state index in [2.05, 4.69) is 20.9 Å². The summed E-state index contributed by atoms with van der Waals surface area (Å²) in [5, 5.41) is 0. The van der Waals surface area contributed by atoms with Crippen LogP contribution in [0.5, 0.6) is 0 Å². The third kappa shape index (κ3) is 3.00. The summed E-state index contributed by atoms with van der Waals surface area (Å²) in [5.74, 6) is 0. The highest BCUT2D eigenvalue weighted by Crippen LogP contribution is 2.22.